The molecule has 3 aliphatic rings. The summed E-state index contributed by atoms with van der Waals surface area (Å²) in [5.74, 6) is -4.93. The van der Waals surface area contributed by atoms with Crippen LogP contribution >= 0.6 is 0 Å². The highest BCUT2D eigenvalue weighted by atomic mass is 19.3. The van der Waals surface area contributed by atoms with Crippen molar-refractivity contribution in [3.63, 3.8) is 0 Å². The fourth-order valence-electron chi connectivity index (χ4n) is 5.57. The minimum atomic E-state index is -3.04. The maximum atomic E-state index is 14.3. The normalized spacial score (nSPS) is 25.7. The maximum Gasteiger partial charge on any atom is 0.314 e. The van der Waals surface area contributed by atoms with Crippen LogP contribution < -0.4 is 11.1 Å². The van der Waals surface area contributed by atoms with Gasteiger partial charge in [-0.1, -0.05) is 13.3 Å². The molecule has 3 amide bonds. The van der Waals surface area contributed by atoms with E-state index in [0.717, 1.165) is 52.2 Å². The van der Waals surface area contributed by atoms with Crippen molar-refractivity contribution in [3.05, 3.63) is 0 Å². The van der Waals surface area contributed by atoms with Crippen LogP contribution in [-0.4, -0.2) is 65.9 Å². The smallest absolute Gasteiger partial charge is 0.314 e. The fourth-order valence-corrected chi connectivity index (χ4v) is 5.57. The van der Waals surface area contributed by atoms with Crippen molar-refractivity contribution in [3.8, 4) is 6.07 Å². The number of carbonyl (C=O) groups excluding carboxylic acids is 2. The Balaban J connectivity index is 1.86. The number of carbonyl (C=O) groups is 2. The summed E-state index contributed by atoms with van der Waals surface area (Å²) in [5, 5.41) is 12.2. The molecule has 0 aromatic heterocycles. The second-order valence-corrected chi connectivity index (χ2v) is 10.3. The zero-order valence-corrected chi connectivity index (χ0v) is 19.3. The van der Waals surface area contributed by atoms with E-state index in [1.807, 2.05) is 0 Å². The van der Waals surface area contributed by atoms with E-state index in [9.17, 15) is 23.6 Å². The van der Waals surface area contributed by atoms with Crippen LogP contribution in [0.3, 0.4) is 0 Å². The van der Waals surface area contributed by atoms with Gasteiger partial charge in [0.05, 0.1) is 6.07 Å². The summed E-state index contributed by atoms with van der Waals surface area (Å²) in [5.41, 5.74) is 4.34. The topological polar surface area (TPSA) is 102 Å². The van der Waals surface area contributed by atoms with Crippen LogP contribution in [0, 0.1) is 28.6 Å². The van der Waals surface area contributed by atoms with Crippen molar-refractivity contribution >= 4 is 11.9 Å². The molecule has 180 valence electrons. The molecule has 0 aromatic carbocycles. The van der Waals surface area contributed by atoms with Crippen LogP contribution in [0.15, 0.2) is 0 Å². The lowest BCUT2D eigenvalue weighted by Crippen LogP contribution is -2.59. The van der Waals surface area contributed by atoms with Crippen molar-refractivity contribution in [2.45, 2.75) is 76.7 Å². The van der Waals surface area contributed by atoms with E-state index in [1.54, 1.807) is 0 Å². The van der Waals surface area contributed by atoms with Crippen molar-refractivity contribution in [1.29, 1.82) is 5.26 Å². The number of halogens is 2. The van der Waals surface area contributed by atoms with Crippen molar-refractivity contribution in [2.75, 3.05) is 32.7 Å². The number of unbranched alkanes of at least 4 members (excludes halogenated alkanes) is 1. The van der Waals surface area contributed by atoms with Crippen molar-refractivity contribution < 1.29 is 18.4 Å². The monoisotopic (exact) mass is 453 g/mol. The zero-order chi connectivity index (χ0) is 23.6. The molecule has 9 heteroatoms. The van der Waals surface area contributed by atoms with Gasteiger partial charge in [0.25, 0.3) is 0 Å². The van der Waals surface area contributed by atoms with E-state index in [0.29, 0.717) is 25.8 Å². The van der Waals surface area contributed by atoms with E-state index in [1.165, 1.54) is 4.90 Å². The third-order valence-corrected chi connectivity index (χ3v) is 7.80. The van der Waals surface area contributed by atoms with E-state index < -0.39 is 41.7 Å². The molecule has 2 saturated heterocycles. The fraction of sp³-hybridized carbons (Fsp3) is 0.870. The second-order valence-electron chi connectivity index (χ2n) is 10.3. The summed E-state index contributed by atoms with van der Waals surface area (Å²) >= 11 is 0. The maximum absolute atomic E-state index is 14.3. The quantitative estimate of drug-likeness (QED) is 0.589. The third-order valence-electron chi connectivity index (χ3n) is 7.80. The molecule has 1 unspecified atom stereocenters. The van der Waals surface area contributed by atoms with Gasteiger partial charge >= 0.3 is 6.03 Å². The van der Waals surface area contributed by atoms with Gasteiger partial charge in [-0.15, -0.1) is 0 Å². The van der Waals surface area contributed by atoms with Gasteiger partial charge in [-0.05, 0) is 76.4 Å². The van der Waals surface area contributed by atoms with Crippen molar-refractivity contribution in [1.82, 2.24) is 15.1 Å². The number of primary amides is 1. The van der Waals surface area contributed by atoms with Gasteiger partial charge in [0, 0.05) is 25.4 Å². The molecule has 0 bridgehead atoms. The summed E-state index contributed by atoms with van der Waals surface area (Å²) < 4.78 is 28.5. The SMILES string of the molecule is CCCCN1CCC2(CC1)CCN(C(N)=O)CC2[C@H](CC(C)(F)F)C(=O)NC1(C#N)CC1. The predicted molar refractivity (Wildman–Crippen MR) is 117 cm³/mol. The third kappa shape index (κ3) is 5.69. The second kappa shape index (κ2) is 9.50. The number of amides is 3. The number of nitrogens with two attached hydrogens (primary N) is 1. The molecule has 3 fully saturated rings. The summed E-state index contributed by atoms with van der Waals surface area (Å²) in [6.45, 7) is 6.43. The minimum Gasteiger partial charge on any atom is -0.351 e. The average molecular weight is 454 g/mol. The summed E-state index contributed by atoms with van der Waals surface area (Å²) in [6.07, 6.45) is 5.01. The van der Waals surface area contributed by atoms with Gasteiger partial charge in [0.1, 0.15) is 5.54 Å². The number of hydrogen-bond donors (Lipinski definition) is 2. The molecule has 2 atom stereocenters. The van der Waals surface area contributed by atoms with Gasteiger partial charge < -0.3 is 20.9 Å². The Morgan fingerprint density at radius 1 is 1.22 bits per heavy atom. The van der Waals surface area contributed by atoms with E-state index >= 15 is 0 Å². The standard InChI is InChI=1S/C23H37F2N5O2/c1-3-4-10-29-11-7-22(8-12-29)9-13-30(20(27)32)15-18(22)17(14-21(2,24)25)19(31)28-23(16-26)5-6-23/h17-18H,3-15H2,1-2H3,(H2,27,32)(H,28,31)/t17-,18?/m0/s1. The first-order chi connectivity index (χ1) is 15.0. The Bertz CT molecular complexity index is 736. The first-order valence-electron chi connectivity index (χ1n) is 11.9. The number of piperidine rings is 2. The van der Waals surface area contributed by atoms with Gasteiger partial charge in [-0.25, -0.2) is 13.6 Å². The first-order valence-corrected chi connectivity index (χ1v) is 11.9. The summed E-state index contributed by atoms with van der Waals surface area (Å²) in [6, 6.07) is 1.54. The molecule has 3 rings (SSSR count). The molecular weight excluding hydrogens is 416 g/mol. The Morgan fingerprint density at radius 3 is 2.34 bits per heavy atom. The molecule has 1 aliphatic carbocycles. The highest BCUT2D eigenvalue weighted by Gasteiger charge is 2.53. The number of nitrogens with zero attached hydrogens (tertiary/aromatic N) is 3. The van der Waals surface area contributed by atoms with E-state index in [2.05, 4.69) is 23.2 Å². The Hall–Kier alpha value is -1.95. The number of likely N-dealkylation sites (tertiary alicyclic amines) is 2. The van der Waals surface area contributed by atoms with Crippen LogP contribution in [0.2, 0.25) is 0 Å². The lowest BCUT2D eigenvalue weighted by Gasteiger charge is -2.53. The Morgan fingerprint density at radius 2 is 1.84 bits per heavy atom. The van der Waals surface area contributed by atoms with Crippen LogP contribution in [0.25, 0.3) is 0 Å². The lowest BCUT2D eigenvalue weighted by molar-refractivity contribution is -0.138. The number of nitrogens with one attached hydrogen (secondary N) is 1. The Labute approximate surface area is 189 Å². The molecule has 1 spiro atoms. The number of urea groups is 1. The summed E-state index contributed by atoms with van der Waals surface area (Å²) in [4.78, 5) is 29.2. The molecule has 0 radical (unpaired) electrons. The molecule has 7 nitrogen and oxygen atoms in total. The van der Waals surface area contributed by atoms with Crippen LogP contribution in [0.4, 0.5) is 13.6 Å². The van der Waals surface area contributed by atoms with Gasteiger partial charge in [-0.2, -0.15) is 5.26 Å². The molecule has 2 aliphatic heterocycles. The van der Waals surface area contributed by atoms with Crippen LogP contribution in [-0.2, 0) is 4.79 Å². The molecule has 0 aromatic rings. The lowest BCUT2D eigenvalue weighted by atomic mass is 9.59. The molecule has 1 saturated carbocycles. The molecule has 2 heterocycles. The minimum absolute atomic E-state index is 0.206. The van der Waals surface area contributed by atoms with Crippen LogP contribution in [0.1, 0.15) is 65.2 Å². The number of alkyl halides is 2. The predicted octanol–water partition coefficient (Wildman–Crippen LogP) is 3.10. The Kier molecular flexibility index (Phi) is 7.33. The number of hydrogen-bond acceptors (Lipinski definition) is 4. The zero-order valence-electron chi connectivity index (χ0n) is 19.3. The van der Waals surface area contributed by atoms with Gasteiger partial charge in [-0.3, -0.25) is 4.79 Å². The number of rotatable bonds is 8. The van der Waals surface area contributed by atoms with Crippen LogP contribution in [0.5, 0.6) is 0 Å². The number of nitriles is 1. The highest BCUT2D eigenvalue weighted by Crippen LogP contribution is 2.50. The first kappa shape index (κ1) is 24.7. The average Bonchev–Trinajstić information content (AvgIpc) is 3.51. The van der Waals surface area contributed by atoms with Crippen molar-refractivity contribution in [2.24, 2.45) is 23.0 Å². The van der Waals surface area contributed by atoms with E-state index in [4.69, 9.17) is 5.73 Å². The molecule has 32 heavy (non-hydrogen) atoms. The largest absolute Gasteiger partial charge is 0.351 e. The van der Waals surface area contributed by atoms with Gasteiger partial charge in [0.2, 0.25) is 11.8 Å². The van der Waals surface area contributed by atoms with Gasteiger partial charge in [0.15, 0.2) is 0 Å². The molecule has 3 N–H and O–H groups in total. The highest BCUT2D eigenvalue weighted by molar-refractivity contribution is 5.81. The van der Waals surface area contributed by atoms with E-state index in [-0.39, 0.29) is 12.0 Å². The summed E-state index contributed by atoms with van der Waals surface area (Å²) in [7, 11) is 0. The molecular formula is C23H37F2N5O2.